The lowest BCUT2D eigenvalue weighted by atomic mass is 9.90. The molecule has 2 aromatic carbocycles. The Hall–Kier alpha value is -2.53. The third-order valence-electron chi connectivity index (χ3n) is 5.43. The number of piperidine rings is 1. The topological polar surface area (TPSA) is 59.0 Å². The minimum Gasteiger partial charge on any atom is -0.480 e. The second-order valence-electron chi connectivity index (χ2n) is 7.52. The smallest absolute Gasteiger partial charge is 0.320 e. The lowest BCUT2D eigenvalue weighted by Gasteiger charge is -2.40. The summed E-state index contributed by atoms with van der Waals surface area (Å²) < 4.78 is 11.0. The average molecular weight is 367 g/mol. The molecule has 0 aliphatic carbocycles. The molecular formula is C22H25NO4. The summed E-state index contributed by atoms with van der Waals surface area (Å²) in [6, 6.07) is 11.8. The van der Waals surface area contributed by atoms with E-state index in [1.54, 1.807) is 0 Å². The van der Waals surface area contributed by atoms with Crippen molar-refractivity contribution in [3.63, 3.8) is 0 Å². The maximum atomic E-state index is 12.0. The molecule has 2 atom stereocenters. The molecule has 2 aliphatic rings. The van der Waals surface area contributed by atoms with Gasteiger partial charge in [-0.15, -0.1) is 0 Å². The highest BCUT2D eigenvalue weighted by Gasteiger charge is 2.35. The number of benzene rings is 2. The maximum Gasteiger partial charge on any atom is 0.320 e. The van der Waals surface area contributed by atoms with Gasteiger partial charge in [-0.05, 0) is 56.5 Å². The number of aryl methyl sites for hydroxylation is 2. The average Bonchev–Trinajstić information content (AvgIpc) is 3.09. The second kappa shape index (κ2) is 7.24. The Balaban J connectivity index is 1.83. The first-order valence-corrected chi connectivity index (χ1v) is 9.49. The van der Waals surface area contributed by atoms with Gasteiger partial charge in [-0.2, -0.15) is 0 Å². The fraction of sp³-hybridized carbons (Fsp3) is 0.409. The van der Waals surface area contributed by atoms with Crippen LogP contribution in [0.5, 0.6) is 11.5 Å². The van der Waals surface area contributed by atoms with Crippen molar-refractivity contribution in [1.82, 2.24) is 4.90 Å². The van der Waals surface area contributed by atoms with Crippen molar-refractivity contribution < 1.29 is 19.4 Å². The van der Waals surface area contributed by atoms with Gasteiger partial charge in [0.05, 0.1) is 6.04 Å². The number of aliphatic carboxylic acids is 1. The summed E-state index contributed by atoms with van der Waals surface area (Å²) in [5.74, 6) is 0.724. The zero-order valence-electron chi connectivity index (χ0n) is 15.8. The number of ether oxygens (including phenoxy) is 2. The molecule has 2 heterocycles. The normalized spacial score (nSPS) is 20.4. The third kappa shape index (κ3) is 3.52. The van der Waals surface area contributed by atoms with Gasteiger partial charge in [0.25, 0.3) is 0 Å². The number of carbonyl (C=O) groups is 1. The van der Waals surface area contributed by atoms with Crippen LogP contribution in [-0.2, 0) is 4.79 Å². The Kier molecular flexibility index (Phi) is 4.79. The van der Waals surface area contributed by atoms with Gasteiger partial charge in [0.1, 0.15) is 6.04 Å². The highest BCUT2D eigenvalue weighted by Crippen LogP contribution is 2.40. The summed E-state index contributed by atoms with van der Waals surface area (Å²) in [5, 5.41) is 9.83. The molecule has 4 rings (SSSR count). The highest BCUT2D eigenvalue weighted by molar-refractivity contribution is 5.73. The zero-order valence-corrected chi connectivity index (χ0v) is 15.8. The SMILES string of the molecule is Cc1cc(C)cc(C(c2ccc3c(c2)OCO3)N2CCCCC2C(=O)O)c1. The van der Waals surface area contributed by atoms with Gasteiger partial charge in [-0.1, -0.05) is 41.8 Å². The number of likely N-dealkylation sites (tertiary alicyclic amines) is 1. The van der Waals surface area contributed by atoms with E-state index >= 15 is 0 Å². The predicted octanol–water partition coefficient (Wildman–Crippen LogP) is 4.06. The molecule has 0 spiro atoms. The molecule has 0 saturated carbocycles. The first kappa shape index (κ1) is 17.9. The summed E-state index contributed by atoms with van der Waals surface area (Å²) in [6.45, 7) is 5.16. The molecule has 1 N–H and O–H groups in total. The molecule has 1 fully saturated rings. The van der Waals surface area contributed by atoms with Crippen molar-refractivity contribution in [3.05, 3.63) is 58.7 Å². The van der Waals surface area contributed by atoms with Gasteiger partial charge in [0.2, 0.25) is 6.79 Å². The molecule has 0 radical (unpaired) electrons. The molecule has 5 nitrogen and oxygen atoms in total. The lowest BCUT2D eigenvalue weighted by molar-refractivity contribution is -0.145. The van der Waals surface area contributed by atoms with Crippen LogP contribution in [0.3, 0.4) is 0 Å². The minimum absolute atomic E-state index is 0.125. The Morgan fingerprint density at radius 1 is 1.04 bits per heavy atom. The van der Waals surface area contributed by atoms with E-state index in [1.165, 1.54) is 11.1 Å². The second-order valence-corrected chi connectivity index (χ2v) is 7.52. The van der Waals surface area contributed by atoms with E-state index in [0.717, 1.165) is 42.0 Å². The molecular weight excluding hydrogens is 342 g/mol. The number of carboxylic acids is 1. The molecule has 0 aromatic heterocycles. The van der Waals surface area contributed by atoms with Gasteiger partial charge in [0, 0.05) is 0 Å². The fourth-order valence-corrected chi connectivity index (χ4v) is 4.35. The lowest BCUT2D eigenvalue weighted by Crippen LogP contribution is -2.46. The van der Waals surface area contributed by atoms with Gasteiger partial charge in [0.15, 0.2) is 11.5 Å². The van der Waals surface area contributed by atoms with E-state index in [0.29, 0.717) is 6.42 Å². The summed E-state index contributed by atoms with van der Waals surface area (Å²) in [7, 11) is 0. The Morgan fingerprint density at radius 2 is 1.78 bits per heavy atom. The fourth-order valence-electron chi connectivity index (χ4n) is 4.35. The summed E-state index contributed by atoms with van der Waals surface area (Å²) in [5.41, 5.74) is 4.52. The van der Waals surface area contributed by atoms with Crippen molar-refractivity contribution in [2.24, 2.45) is 0 Å². The third-order valence-corrected chi connectivity index (χ3v) is 5.43. The standard InChI is InChI=1S/C22H25NO4/c1-14-9-15(2)11-17(10-14)21(23-8-4-3-5-18(23)22(24)25)16-6-7-19-20(12-16)27-13-26-19/h6-7,9-12,18,21H,3-5,8,13H2,1-2H3,(H,24,25). The highest BCUT2D eigenvalue weighted by atomic mass is 16.7. The van der Waals surface area contributed by atoms with Crippen LogP contribution in [0.15, 0.2) is 36.4 Å². The first-order chi connectivity index (χ1) is 13.0. The monoisotopic (exact) mass is 367 g/mol. The van der Waals surface area contributed by atoms with E-state index in [9.17, 15) is 9.90 Å². The van der Waals surface area contributed by atoms with Crippen molar-refractivity contribution in [2.45, 2.75) is 45.2 Å². The van der Waals surface area contributed by atoms with Gasteiger partial charge in [-0.3, -0.25) is 9.69 Å². The molecule has 5 heteroatoms. The van der Waals surface area contributed by atoms with E-state index in [1.807, 2.05) is 18.2 Å². The van der Waals surface area contributed by atoms with E-state index in [-0.39, 0.29) is 12.8 Å². The summed E-state index contributed by atoms with van der Waals surface area (Å²) in [6.07, 6.45) is 2.64. The van der Waals surface area contributed by atoms with Crippen LogP contribution in [0.25, 0.3) is 0 Å². The van der Waals surface area contributed by atoms with E-state index in [2.05, 4.69) is 36.9 Å². The van der Waals surface area contributed by atoms with Gasteiger partial charge in [-0.25, -0.2) is 0 Å². The molecule has 27 heavy (non-hydrogen) atoms. The molecule has 0 amide bonds. The van der Waals surface area contributed by atoms with Gasteiger partial charge < -0.3 is 14.6 Å². The first-order valence-electron chi connectivity index (χ1n) is 9.49. The molecule has 2 unspecified atom stereocenters. The van der Waals surface area contributed by atoms with Crippen LogP contribution in [0, 0.1) is 13.8 Å². The van der Waals surface area contributed by atoms with Crippen LogP contribution in [0.4, 0.5) is 0 Å². The van der Waals surface area contributed by atoms with Crippen LogP contribution in [0.2, 0.25) is 0 Å². The zero-order chi connectivity index (χ0) is 19.0. The predicted molar refractivity (Wildman–Crippen MR) is 102 cm³/mol. The molecule has 0 bridgehead atoms. The van der Waals surface area contributed by atoms with Crippen LogP contribution in [0.1, 0.15) is 47.6 Å². The van der Waals surface area contributed by atoms with E-state index in [4.69, 9.17) is 9.47 Å². The van der Waals surface area contributed by atoms with Crippen molar-refractivity contribution in [3.8, 4) is 11.5 Å². The van der Waals surface area contributed by atoms with Crippen LogP contribution in [-0.4, -0.2) is 35.4 Å². The number of rotatable bonds is 4. The molecule has 2 aromatic rings. The van der Waals surface area contributed by atoms with Gasteiger partial charge >= 0.3 is 5.97 Å². The number of carboxylic acid groups (broad SMARTS) is 1. The van der Waals surface area contributed by atoms with Crippen molar-refractivity contribution in [2.75, 3.05) is 13.3 Å². The number of fused-ring (bicyclic) bond motifs is 1. The maximum absolute atomic E-state index is 12.0. The van der Waals surface area contributed by atoms with E-state index < -0.39 is 12.0 Å². The van der Waals surface area contributed by atoms with Crippen LogP contribution >= 0.6 is 0 Å². The Labute approximate surface area is 159 Å². The quantitative estimate of drug-likeness (QED) is 0.883. The number of hydrogen-bond acceptors (Lipinski definition) is 4. The molecule has 2 aliphatic heterocycles. The number of nitrogens with zero attached hydrogens (tertiary/aromatic N) is 1. The molecule has 142 valence electrons. The minimum atomic E-state index is -0.746. The largest absolute Gasteiger partial charge is 0.480 e. The van der Waals surface area contributed by atoms with Crippen LogP contribution < -0.4 is 9.47 Å². The summed E-state index contributed by atoms with van der Waals surface area (Å²) >= 11 is 0. The summed E-state index contributed by atoms with van der Waals surface area (Å²) in [4.78, 5) is 14.1. The molecule has 1 saturated heterocycles. The Morgan fingerprint density at radius 3 is 2.52 bits per heavy atom. The Bertz CT molecular complexity index is 843. The van der Waals surface area contributed by atoms with Crippen molar-refractivity contribution in [1.29, 1.82) is 0 Å². The number of hydrogen-bond donors (Lipinski definition) is 1. The van der Waals surface area contributed by atoms with Crippen molar-refractivity contribution >= 4 is 5.97 Å².